The van der Waals surface area contributed by atoms with E-state index in [2.05, 4.69) is 21.3 Å². The average Bonchev–Trinajstić information content (AvgIpc) is 2.13. The Morgan fingerprint density at radius 2 is 2.20 bits per heavy atom. The van der Waals surface area contributed by atoms with Gasteiger partial charge in [-0.15, -0.1) is 0 Å². The maximum absolute atomic E-state index is 10.5. The van der Waals surface area contributed by atoms with Crippen molar-refractivity contribution in [3.05, 3.63) is 11.6 Å². The largest absolute Gasteiger partial charge is 0.343 e. The molecule has 15 heavy (non-hydrogen) atoms. The molecule has 0 aliphatic heterocycles. The van der Waals surface area contributed by atoms with Crippen molar-refractivity contribution in [2.75, 3.05) is 24.2 Å². The summed E-state index contributed by atoms with van der Waals surface area (Å²) in [6.45, 7) is 0.0486. The van der Waals surface area contributed by atoms with Crippen LogP contribution in [0, 0.1) is 6.33 Å². The Bertz CT molecular complexity index is 438. The monoisotopic (exact) mass is 251 g/mol. The Labute approximate surface area is 91.9 Å². The highest BCUT2D eigenvalue weighted by atomic mass is 35.5. The molecule has 9 heteroatoms. The van der Waals surface area contributed by atoms with Crippen LogP contribution in [-0.4, -0.2) is 47.3 Å². The maximum Gasteiger partial charge on any atom is 0.266 e. The van der Waals surface area contributed by atoms with Crippen LogP contribution >= 0.6 is 11.6 Å². The van der Waals surface area contributed by atoms with Crippen molar-refractivity contribution in [3.63, 3.8) is 0 Å². The molecule has 0 saturated carbocycles. The van der Waals surface area contributed by atoms with Gasteiger partial charge in [0, 0.05) is 13.6 Å². The Hall–Kier alpha value is -0.990. The summed E-state index contributed by atoms with van der Waals surface area (Å²) in [6.07, 6.45) is 2.26. The van der Waals surface area contributed by atoms with E-state index in [0.717, 1.165) is 0 Å². The minimum absolute atomic E-state index is 0.0290. The lowest BCUT2D eigenvalue weighted by Gasteiger charge is -2.14. The first kappa shape index (κ1) is 12.1. The fraction of sp³-hybridized carbons (Fsp3) is 0.500. The fourth-order valence-electron chi connectivity index (χ4n) is 0.766. The fourth-order valence-corrected chi connectivity index (χ4v) is 1.38. The number of nitrogens with zero attached hydrogens (tertiary/aromatic N) is 4. The van der Waals surface area contributed by atoms with Crippen LogP contribution in [0.1, 0.15) is 0 Å². The number of hydrogen-bond acceptors (Lipinski definition) is 6. The summed E-state index contributed by atoms with van der Waals surface area (Å²) in [5, 5.41) is -0.0290. The second-order valence-electron chi connectivity index (χ2n) is 2.71. The third kappa shape index (κ3) is 4.36. The standard InChI is InChI=1S/C6H8ClN4O3S/c1-11(2-3-15(12,13)14)6-9-4-8-5(7)10-6/h2-3H2,1H3,(H,12,13,14). The Morgan fingerprint density at radius 1 is 1.53 bits per heavy atom. The molecular formula is C6H8ClN4O3S. The van der Waals surface area contributed by atoms with Crippen molar-refractivity contribution in [1.29, 1.82) is 0 Å². The van der Waals surface area contributed by atoms with Crippen molar-refractivity contribution >= 4 is 27.7 Å². The Morgan fingerprint density at radius 3 is 2.73 bits per heavy atom. The van der Waals surface area contributed by atoms with Crippen LogP contribution in [0.3, 0.4) is 0 Å². The van der Waals surface area contributed by atoms with E-state index in [4.69, 9.17) is 16.2 Å². The zero-order valence-electron chi connectivity index (χ0n) is 7.75. The molecule has 0 aromatic carbocycles. The molecule has 7 nitrogen and oxygen atoms in total. The van der Waals surface area contributed by atoms with Crippen molar-refractivity contribution in [2.24, 2.45) is 0 Å². The van der Waals surface area contributed by atoms with Gasteiger partial charge in [0.25, 0.3) is 10.1 Å². The lowest BCUT2D eigenvalue weighted by molar-refractivity contribution is 0.483. The molecule has 1 aromatic rings. The molecule has 1 N–H and O–H groups in total. The third-order valence-corrected chi connectivity index (χ3v) is 2.38. The van der Waals surface area contributed by atoms with Crippen molar-refractivity contribution in [2.45, 2.75) is 0 Å². The summed E-state index contributed by atoms with van der Waals surface area (Å²) in [4.78, 5) is 12.3. The maximum atomic E-state index is 10.5. The van der Waals surface area contributed by atoms with Gasteiger partial charge in [-0.25, -0.2) is 0 Å². The molecular weight excluding hydrogens is 244 g/mol. The number of hydrogen-bond donors (Lipinski definition) is 1. The number of aromatic nitrogens is 3. The topological polar surface area (TPSA) is 96.3 Å². The molecule has 0 saturated heterocycles. The van der Waals surface area contributed by atoms with Gasteiger partial charge in [0.1, 0.15) is 0 Å². The summed E-state index contributed by atoms with van der Waals surface area (Å²) in [6, 6.07) is 0. The van der Waals surface area contributed by atoms with Gasteiger partial charge in [0.15, 0.2) is 0 Å². The SMILES string of the molecule is CN(CCS(=O)(=O)O)c1n[c]nc(Cl)n1. The zero-order valence-corrected chi connectivity index (χ0v) is 9.33. The van der Waals surface area contributed by atoms with Crippen molar-refractivity contribution in [3.8, 4) is 0 Å². The van der Waals surface area contributed by atoms with E-state index in [9.17, 15) is 8.42 Å². The molecule has 0 amide bonds. The van der Waals surface area contributed by atoms with Gasteiger partial charge in [0.2, 0.25) is 17.6 Å². The number of rotatable bonds is 4. The highest BCUT2D eigenvalue weighted by Gasteiger charge is 2.10. The first-order valence-corrected chi connectivity index (χ1v) is 5.81. The molecule has 0 atom stereocenters. The first-order chi connectivity index (χ1) is 6.88. The molecule has 0 bridgehead atoms. The van der Waals surface area contributed by atoms with Crippen LogP contribution in [0.4, 0.5) is 5.95 Å². The highest BCUT2D eigenvalue weighted by Crippen LogP contribution is 2.06. The minimum atomic E-state index is -3.99. The van der Waals surface area contributed by atoms with Crippen molar-refractivity contribution in [1.82, 2.24) is 15.0 Å². The molecule has 1 radical (unpaired) electrons. The van der Waals surface area contributed by atoms with Gasteiger partial charge in [0.05, 0.1) is 5.75 Å². The van der Waals surface area contributed by atoms with Gasteiger partial charge in [-0.2, -0.15) is 23.4 Å². The lowest BCUT2D eigenvalue weighted by atomic mass is 10.6. The van der Waals surface area contributed by atoms with E-state index in [0.29, 0.717) is 0 Å². The third-order valence-electron chi connectivity index (χ3n) is 1.51. The molecule has 0 spiro atoms. The summed E-state index contributed by atoms with van der Waals surface area (Å²) < 4.78 is 29.5. The average molecular weight is 252 g/mol. The number of anilines is 1. The molecule has 1 aromatic heterocycles. The predicted octanol–water partition coefficient (Wildman–Crippen LogP) is -0.351. The van der Waals surface area contributed by atoms with Crippen LogP contribution in [0.2, 0.25) is 5.28 Å². The molecule has 0 aliphatic carbocycles. The molecule has 83 valence electrons. The molecule has 0 aliphatic rings. The second-order valence-corrected chi connectivity index (χ2v) is 4.62. The van der Waals surface area contributed by atoms with Gasteiger partial charge < -0.3 is 4.90 Å². The molecule has 1 heterocycles. The number of halogens is 1. The van der Waals surface area contributed by atoms with E-state index in [1.54, 1.807) is 7.05 Å². The van der Waals surface area contributed by atoms with E-state index >= 15 is 0 Å². The summed E-state index contributed by atoms with van der Waals surface area (Å²) in [5.74, 6) is -0.217. The summed E-state index contributed by atoms with van der Waals surface area (Å²) in [5.41, 5.74) is 0. The highest BCUT2D eigenvalue weighted by molar-refractivity contribution is 7.85. The molecule has 0 unspecified atom stereocenters. The molecule has 1 rings (SSSR count). The van der Waals surface area contributed by atoms with Crippen molar-refractivity contribution < 1.29 is 13.0 Å². The lowest BCUT2D eigenvalue weighted by Crippen LogP contribution is -2.26. The molecule has 0 fully saturated rings. The predicted molar refractivity (Wildman–Crippen MR) is 53.4 cm³/mol. The zero-order chi connectivity index (χ0) is 11.5. The summed E-state index contributed by atoms with van der Waals surface area (Å²) in [7, 11) is -2.43. The van der Waals surface area contributed by atoms with Gasteiger partial charge >= 0.3 is 0 Å². The smallest absolute Gasteiger partial charge is 0.266 e. The van der Waals surface area contributed by atoms with Crippen LogP contribution in [0.25, 0.3) is 0 Å². The van der Waals surface area contributed by atoms with E-state index in [1.807, 2.05) is 0 Å². The van der Waals surface area contributed by atoms with Gasteiger partial charge in [-0.1, -0.05) is 0 Å². The van der Waals surface area contributed by atoms with Crippen LogP contribution in [0.15, 0.2) is 0 Å². The Balaban J connectivity index is 2.65. The van der Waals surface area contributed by atoms with E-state index in [1.165, 1.54) is 4.90 Å². The van der Waals surface area contributed by atoms with E-state index < -0.39 is 15.9 Å². The summed E-state index contributed by atoms with van der Waals surface area (Å²) >= 11 is 5.49. The van der Waals surface area contributed by atoms with Crippen LogP contribution in [-0.2, 0) is 10.1 Å². The second kappa shape index (κ2) is 4.69. The van der Waals surface area contributed by atoms with E-state index in [-0.39, 0.29) is 17.8 Å². The quantitative estimate of drug-likeness (QED) is 0.731. The van der Waals surface area contributed by atoms with Crippen LogP contribution in [0.5, 0.6) is 0 Å². The Kier molecular flexibility index (Phi) is 3.77. The minimum Gasteiger partial charge on any atom is -0.343 e. The van der Waals surface area contributed by atoms with Gasteiger partial charge in [-0.3, -0.25) is 4.55 Å². The normalized spacial score (nSPS) is 11.4. The van der Waals surface area contributed by atoms with Crippen LogP contribution < -0.4 is 4.90 Å². The first-order valence-electron chi connectivity index (χ1n) is 3.82. The van der Waals surface area contributed by atoms with Gasteiger partial charge in [-0.05, 0) is 11.6 Å².